The SMILES string of the molecule is CC(C)CCn1c(=O)c(CN)cc2ccccc21. The van der Waals surface area contributed by atoms with Gasteiger partial charge in [-0.15, -0.1) is 0 Å². The first-order chi connectivity index (χ1) is 8.63. The number of para-hydroxylation sites is 1. The summed E-state index contributed by atoms with van der Waals surface area (Å²) in [5.41, 5.74) is 7.40. The van der Waals surface area contributed by atoms with Gasteiger partial charge in [-0.25, -0.2) is 0 Å². The Kier molecular flexibility index (Phi) is 3.82. The molecule has 3 heteroatoms. The molecule has 0 saturated carbocycles. The van der Waals surface area contributed by atoms with Gasteiger partial charge in [0.1, 0.15) is 0 Å². The van der Waals surface area contributed by atoms with Crippen molar-refractivity contribution in [2.24, 2.45) is 11.7 Å². The molecule has 0 radical (unpaired) electrons. The van der Waals surface area contributed by atoms with Crippen molar-refractivity contribution < 1.29 is 0 Å². The summed E-state index contributed by atoms with van der Waals surface area (Å²) in [6, 6.07) is 9.89. The summed E-state index contributed by atoms with van der Waals surface area (Å²) in [5, 5.41) is 1.08. The van der Waals surface area contributed by atoms with Gasteiger partial charge in [0.15, 0.2) is 0 Å². The highest BCUT2D eigenvalue weighted by Gasteiger charge is 2.08. The highest BCUT2D eigenvalue weighted by atomic mass is 16.1. The highest BCUT2D eigenvalue weighted by molar-refractivity contribution is 5.79. The smallest absolute Gasteiger partial charge is 0.255 e. The number of aromatic nitrogens is 1. The quantitative estimate of drug-likeness (QED) is 0.898. The number of hydrogen-bond donors (Lipinski definition) is 1. The summed E-state index contributed by atoms with van der Waals surface area (Å²) >= 11 is 0. The van der Waals surface area contributed by atoms with Crippen LogP contribution in [0.15, 0.2) is 35.1 Å². The molecule has 2 rings (SSSR count). The standard InChI is InChI=1S/C15H20N2O/c1-11(2)7-8-17-14-6-4-3-5-12(14)9-13(10-16)15(17)18/h3-6,9,11H,7-8,10,16H2,1-2H3. The minimum atomic E-state index is 0.0526. The van der Waals surface area contributed by atoms with Crippen LogP contribution in [-0.4, -0.2) is 4.57 Å². The van der Waals surface area contributed by atoms with E-state index in [4.69, 9.17) is 5.73 Å². The predicted octanol–water partition coefficient (Wildman–Crippen LogP) is 2.51. The van der Waals surface area contributed by atoms with E-state index in [1.54, 1.807) is 0 Å². The molecule has 96 valence electrons. The molecule has 0 bridgehead atoms. The molecule has 0 aliphatic rings. The second kappa shape index (κ2) is 5.36. The van der Waals surface area contributed by atoms with Crippen molar-refractivity contribution >= 4 is 10.9 Å². The van der Waals surface area contributed by atoms with Gasteiger partial charge in [0, 0.05) is 18.7 Å². The Balaban J connectivity index is 2.59. The van der Waals surface area contributed by atoms with Crippen LogP contribution in [0.4, 0.5) is 0 Å². The molecular formula is C15H20N2O. The number of nitrogens with zero attached hydrogens (tertiary/aromatic N) is 1. The normalized spacial score (nSPS) is 11.3. The van der Waals surface area contributed by atoms with Crippen LogP contribution in [-0.2, 0) is 13.1 Å². The van der Waals surface area contributed by atoms with E-state index in [0.29, 0.717) is 18.0 Å². The number of pyridine rings is 1. The lowest BCUT2D eigenvalue weighted by atomic mass is 10.1. The highest BCUT2D eigenvalue weighted by Crippen LogP contribution is 2.14. The molecule has 0 aliphatic heterocycles. The fourth-order valence-corrected chi connectivity index (χ4v) is 2.14. The van der Waals surface area contributed by atoms with Gasteiger partial charge in [-0.2, -0.15) is 0 Å². The molecule has 2 N–H and O–H groups in total. The van der Waals surface area contributed by atoms with Gasteiger partial charge < -0.3 is 10.3 Å². The maximum Gasteiger partial charge on any atom is 0.255 e. The van der Waals surface area contributed by atoms with Gasteiger partial charge in [-0.3, -0.25) is 4.79 Å². The summed E-state index contributed by atoms with van der Waals surface area (Å²) in [4.78, 5) is 12.3. The molecule has 0 atom stereocenters. The van der Waals surface area contributed by atoms with E-state index < -0.39 is 0 Å². The number of aryl methyl sites for hydroxylation is 1. The predicted molar refractivity (Wildman–Crippen MR) is 75.6 cm³/mol. The van der Waals surface area contributed by atoms with Crippen LogP contribution in [0.25, 0.3) is 10.9 Å². The van der Waals surface area contributed by atoms with E-state index in [2.05, 4.69) is 13.8 Å². The van der Waals surface area contributed by atoms with Crippen LogP contribution in [0.2, 0.25) is 0 Å². The van der Waals surface area contributed by atoms with Gasteiger partial charge in [-0.1, -0.05) is 32.0 Å². The molecule has 0 fully saturated rings. The van der Waals surface area contributed by atoms with Crippen LogP contribution >= 0.6 is 0 Å². The molecule has 3 nitrogen and oxygen atoms in total. The van der Waals surface area contributed by atoms with Gasteiger partial charge in [0.25, 0.3) is 5.56 Å². The van der Waals surface area contributed by atoms with Crippen LogP contribution < -0.4 is 11.3 Å². The zero-order chi connectivity index (χ0) is 13.1. The number of nitrogens with two attached hydrogens (primary N) is 1. The number of rotatable bonds is 4. The first-order valence-corrected chi connectivity index (χ1v) is 6.45. The van der Waals surface area contributed by atoms with E-state index in [0.717, 1.165) is 23.9 Å². The molecule has 0 aliphatic carbocycles. The first kappa shape index (κ1) is 12.8. The van der Waals surface area contributed by atoms with E-state index in [1.165, 1.54) is 0 Å². The molecule has 1 aromatic heterocycles. The maximum absolute atomic E-state index is 12.3. The van der Waals surface area contributed by atoms with Crippen molar-refractivity contribution in [1.29, 1.82) is 0 Å². The van der Waals surface area contributed by atoms with Crippen molar-refractivity contribution in [3.63, 3.8) is 0 Å². The fraction of sp³-hybridized carbons (Fsp3) is 0.400. The largest absolute Gasteiger partial charge is 0.326 e. The lowest BCUT2D eigenvalue weighted by Crippen LogP contribution is -2.26. The van der Waals surface area contributed by atoms with Gasteiger partial charge in [0.05, 0.1) is 5.52 Å². The van der Waals surface area contributed by atoms with Crippen LogP contribution in [0, 0.1) is 5.92 Å². The third kappa shape index (κ3) is 2.46. The zero-order valence-electron chi connectivity index (χ0n) is 11.0. The number of fused-ring (bicyclic) bond motifs is 1. The molecule has 1 aromatic carbocycles. The van der Waals surface area contributed by atoms with Crippen molar-refractivity contribution in [3.05, 3.63) is 46.2 Å². The Labute approximate surface area is 107 Å². The topological polar surface area (TPSA) is 48.0 Å². The summed E-state index contributed by atoms with van der Waals surface area (Å²) < 4.78 is 1.86. The van der Waals surface area contributed by atoms with Crippen molar-refractivity contribution in [1.82, 2.24) is 4.57 Å². The summed E-state index contributed by atoms with van der Waals surface area (Å²) in [6.07, 6.45) is 0.998. The van der Waals surface area contributed by atoms with E-state index >= 15 is 0 Å². The Bertz CT molecular complexity index is 599. The molecule has 0 unspecified atom stereocenters. The third-order valence-electron chi connectivity index (χ3n) is 3.23. The van der Waals surface area contributed by atoms with Gasteiger partial charge in [0.2, 0.25) is 0 Å². The maximum atomic E-state index is 12.3. The second-order valence-electron chi connectivity index (χ2n) is 5.07. The lowest BCUT2D eigenvalue weighted by molar-refractivity contribution is 0.515. The third-order valence-corrected chi connectivity index (χ3v) is 3.23. The second-order valence-corrected chi connectivity index (χ2v) is 5.07. The summed E-state index contributed by atoms with van der Waals surface area (Å²) in [5.74, 6) is 0.581. The molecule has 0 saturated heterocycles. The Hall–Kier alpha value is -1.61. The first-order valence-electron chi connectivity index (χ1n) is 6.45. The van der Waals surface area contributed by atoms with E-state index in [1.807, 2.05) is 34.9 Å². The number of benzene rings is 1. The summed E-state index contributed by atoms with van der Waals surface area (Å²) in [7, 11) is 0. The van der Waals surface area contributed by atoms with E-state index in [9.17, 15) is 4.79 Å². The molecule has 0 amide bonds. The average molecular weight is 244 g/mol. The molecule has 1 heterocycles. The molecule has 2 aromatic rings. The van der Waals surface area contributed by atoms with Gasteiger partial charge in [-0.05, 0) is 29.9 Å². The lowest BCUT2D eigenvalue weighted by Gasteiger charge is -2.13. The monoisotopic (exact) mass is 244 g/mol. The minimum absolute atomic E-state index is 0.0526. The molecule has 18 heavy (non-hydrogen) atoms. The van der Waals surface area contributed by atoms with Crippen molar-refractivity contribution in [3.8, 4) is 0 Å². The average Bonchev–Trinajstić information content (AvgIpc) is 2.36. The zero-order valence-corrected chi connectivity index (χ0v) is 11.0. The van der Waals surface area contributed by atoms with Crippen molar-refractivity contribution in [2.75, 3.05) is 0 Å². The Morgan fingerprint density at radius 2 is 2.00 bits per heavy atom. The molecule has 0 spiro atoms. The Morgan fingerprint density at radius 1 is 1.28 bits per heavy atom. The fourth-order valence-electron chi connectivity index (χ4n) is 2.14. The van der Waals surface area contributed by atoms with Crippen LogP contribution in [0.1, 0.15) is 25.8 Å². The molecular weight excluding hydrogens is 224 g/mol. The van der Waals surface area contributed by atoms with Crippen LogP contribution in [0.3, 0.4) is 0 Å². The Morgan fingerprint density at radius 3 is 2.67 bits per heavy atom. The van der Waals surface area contributed by atoms with Crippen molar-refractivity contribution in [2.45, 2.75) is 33.4 Å². The van der Waals surface area contributed by atoms with Crippen LogP contribution in [0.5, 0.6) is 0 Å². The summed E-state index contributed by atoms with van der Waals surface area (Å²) in [6.45, 7) is 5.39. The van der Waals surface area contributed by atoms with E-state index in [-0.39, 0.29) is 5.56 Å². The minimum Gasteiger partial charge on any atom is -0.326 e. The van der Waals surface area contributed by atoms with Gasteiger partial charge >= 0.3 is 0 Å². The number of hydrogen-bond acceptors (Lipinski definition) is 2.